The molecule has 0 aliphatic carbocycles. The van der Waals surface area contributed by atoms with Crippen LogP contribution >= 0.6 is 15.9 Å². The molecule has 5 nitrogen and oxygen atoms in total. The number of carbonyl (C=O) groups is 2. The summed E-state index contributed by atoms with van der Waals surface area (Å²) in [4.78, 5) is 29.1. The Bertz CT molecular complexity index is 1410. The predicted molar refractivity (Wildman–Crippen MR) is 161 cm³/mol. The van der Waals surface area contributed by atoms with Crippen molar-refractivity contribution < 1.29 is 14.3 Å². The summed E-state index contributed by atoms with van der Waals surface area (Å²) in [7, 11) is 0. The molecule has 0 saturated carbocycles. The number of amides is 2. The molecule has 4 rings (SSSR count). The maximum absolute atomic E-state index is 13.9. The fourth-order valence-electron chi connectivity index (χ4n) is 4.61. The lowest BCUT2D eigenvalue weighted by molar-refractivity contribution is -0.142. The van der Waals surface area contributed by atoms with E-state index in [2.05, 4.69) is 34.2 Å². The quantitative estimate of drug-likeness (QED) is 0.185. The van der Waals surface area contributed by atoms with E-state index in [0.717, 1.165) is 44.8 Å². The van der Waals surface area contributed by atoms with Crippen LogP contribution in [0.4, 0.5) is 0 Å². The SMILES string of the molecule is CCCCNC(=O)[C@@H](Cc1ccccc1)N(Cc1cccc(C)c1)C(=O)COc1ccc2ccccc2c1Br. The highest BCUT2D eigenvalue weighted by molar-refractivity contribution is 9.10. The number of aryl methyl sites for hydroxylation is 1. The van der Waals surface area contributed by atoms with Crippen molar-refractivity contribution in [2.45, 2.75) is 45.7 Å². The maximum atomic E-state index is 13.9. The highest BCUT2D eigenvalue weighted by atomic mass is 79.9. The zero-order valence-corrected chi connectivity index (χ0v) is 24.1. The molecule has 0 heterocycles. The lowest BCUT2D eigenvalue weighted by Crippen LogP contribution is -2.51. The lowest BCUT2D eigenvalue weighted by atomic mass is 10.0. The molecule has 0 spiro atoms. The summed E-state index contributed by atoms with van der Waals surface area (Å²) in [6, 6.07) is 29.0. The molecule has 0 bridgehead atoms. The van der Waals surface area contributed by atoms with E-state index in [4.69, 9.17) is 4.74 Å². The smallest absolute Gasteiger partial charge is 0.261 e. The van der Waals surface area contributed by atoms with Crippen molar-refractivity contribution in [1.29, 1.82) is 0 Å². The van der Waals surface area contributed by atoms with E-state index in [-0.39, 0.29) is 18.4 Å². The van der Waals surface area contributed by atoms with Crippen LogP contribution in [-0.2, 0) is 22.6 Å². The summed E-state index contributed by atoms with van der Waals surface area (Å²) in [5.41, 5.74) is 3.06. The van der Waals surface area contributed by atoms with E-state index < -0.39 is 6.04 Å². The fraction of sp³-hybridized carbons (Fsp3) is 0.273. The number of hydrogen-bond acceptors (Lipinski definition) is 3. The van der Waals surface area contributed by atoms with Gasteiger partial charge in [-0.25, -0.2) is 0 Å². The van der Waals surface area contributed by atoms with Crippen molar-refractivity contribution in [2.75, 3.05) is 13.2 Å². The third-order valence-electron chi connectivity index (χ3n) is 6.72. The van der Waals surface area contributed by atoms with Gasteiger partial charge in [0.1, 0.15) is 11.8 Å². The number of fused-ring (bicyclic) bond motifs is 1. The Morgan fingerprint density at radius 2 is 1.67 bits per heavy atom. The fourth-order valence-corrected chi connectivity index (χ4v) is 5.22. The number of halogens is 1. The lowest BCUT2D eigenvalue weighted by Gasteiger charge is -2.31. The number of ether oxygens (including phenoxy) is 1. The van der Waals surface area contributed by atoms with Gasteiger partial charge in [-0.2, -0.15) is 0 Å². The largest absolute Gasteiger partial charge is 0.483 e. The Morgan fingerprint density at radius 1 is 0.923 bits per heavy atom. The van der Waals surface area contributed by atoms with Crippen LogP contribution in [0.5, 0.6) is 5.75 Å². The highest BCUT2D eigenvalue weighted by Crippen LogP contribution is 2.33. The molecule has 0 unspecified atom stereocenters. The van der Waals surface area contributed by atoms with Gasteiger partial charge in [0.2, 0.25) is 5.91 Å². The van der Waals surface area contributed by atoms with Gasteiger partial charge in [-0.15, -0.1) is 0 Å². The number of rotatable bonds is 12. The minimum Gasteiger partial charge on any atom is -0.483 e. The van der Waals surface area contributed by atoms with Crippen LogP contribution in [0, 0.1) is 6.92 Å². The second kappa shape index (κ2) is 13.9. The van der Waals surface area contributed by atoms with E-state index in [1.807, 2.05) is 91.9 Å². The monoisotopic (exact) mass is 586 g/mol. The van der Waals surface area contributed by atoms with Crippen LogP contribution in [0.3, 0.4) is 0 Å². The van der Waals surface area contributed by atoms with Crippen molar-refractivity contribution in [3.63, 3.8) is 0 Å². The van der Waals surface area contributed by atoms with Crippen LogP contribution in [0.2, 0.25) is 0 Å². The molecule has 0 aromatic heterocycles. The molecule has 0 radical (unpaired) electrons. The number of hydrogen-bond donors (Lipinski definition) is 1. The summed E-state index contributed by atoms with van der Waals surface area (Å²) >= 11 is 3.65. The topological polar surface area (TPSA) is 58.6 Å². The predicted octanol–water partition coefficient (Wildman–Crippen LogP) is 6.85. The summed E-state index contributed by atoms with van der Waals surface area (Å²) in [5, 5.41) is 5.15. The van der Waals surface area contributed by atoms with Crippen molar-refractivity contribution in [2.24, 2.45) is 0 Å². The summed E-state index contributed by atoms with van der Waals surface area (Å²) in [6.45, 7) is 4.81. The van der Waals surface area contributed by atoms with Gasteiger partial charge in [0.15, 0.2) is 6.61 Å². The number of unbranched alkanes of at least 4 members (excludes halogenated alkanes) is 1. The van der Waals surface area contributed by atoms with Crippen LogP contribution in [0.1, 0.15) is 36.5 Å². The molecule has 202 valence electrons. The first-order valence-corrected chi connectivity index (χ1v) is 14.2. The highest BCUT2D eigenvalue weighted by Gasteiger charge is 2.30. The average molecular weight is 588 g/mol. The summed E-state index contributed by atoms with van der Waals surface area (Å²) in [5.74, 6) is 0.188. The first-order chi connectivity index (χ1) is 19.0. The molecule has 0 aliphatic heterocycles. The van der Waals surface area contributed by atoms with E-state index in [0.29, 0.717) is 25.3 Å². The molecule has 6 heteroatoms. The van der Waals surface area contributed by atoms with Gasteiger partial charge in [0.05, 0.1) is 4.47 Å². The molecular formula is C33H35BrN2O3. The zero-order valence-electron chi connectivity index (χ0n) is 22.5. The normalized spacial score (nSPS) is 11.7. The second-order valence-corrected chi connectivity index (χ2v) is 10.5. The van der Waals surface area contributed by atoms with Crippen molar-refractivity contribution >= 4 is 38.5 Å². The molecule has 4 aromatic rings. The first kappa shape index (κ1) is 28.4. The molecule has 0 aliphatic rings. The third-order valence-corrected chi connectivity index (χ3v) is 7.53. The molecule has 0 saturated heterocycles. The summed E-state index contributed by atoms with van der Waals surface area (Å²) < 4.78 is 6.86. The number of nitrogens with zero attached hydrogens (tertiary/aromatic N) is 1. The number of benzene rings is 4. The van der Waals surface area contributed by atoms with Gasteiger partial charge in [0, 0.05) is 19.5 Å². The minimum absolute atomic E-state index is 0.153. The molecule has 1 atom stereocenters. The number of carbonyl (C=O) groups excluding carboxylic acids is 2. The minimum atomic E-state index is -0.680. The van der Waals surface area contributed by atoms with Crippen molar-refractivity contribution in [1.82, 2.24) is 10.2 Å². The van der Waals surface area contributed by atoms with Gasteiger partial charge in [-0.3, -0.25) is 9.59 Å². The molecule has 1 N–H and O–H groups in total. The Kier molecular flexibility index (Phi) is 10.1. The van der Waals surface area contributed by atoms with E-state index >= 15 is 0 Å². The second-order valence-electron chi connectivity index (χ2n) is 9.75. The molecule has 0 fully saturated rings. The van der Waals surface area contributed by atoms with Crippen LogP contribution in [0.25, 0.3) is 10.8 Å². The van der Waals surface area contributed by atoms with Crippen molar-refractivity contribution in [3.05, 3.63) is 112 Å². The maximum Gasteiger partial charge on any atom is 0.261 e. The van der Waals surface area contributed by atoms with Gasteiger partial charge < -0.3 is 15.0 Å². The van der Waals surface area contributed by atoms with Crippen LogP contribution in [-0.4, -0.2) is 35.9 Å². The Balaban J connectivity index is 1.62. The standard InChI is InChI=1S/C33H35BrN2O3/c1-3-4-19-35-33(38)29(21-25-12-6-5-7-13-25)36(22-26-14-10-11-24(2)20-26)31(37)23-39-30-18-17-27-15-8-9-16-28(27)32(30)34/h5-18,20,29H,3-4,19,21-23H2,1-2H3,(H,35,38)/t29-/m1/s1. The zero-order chi connectivity index (χ0) is 27.6. The molecule has 39 heavy (non-hydrogen) atoms. The van der Waals surface area contributed by atoms with Crippen LogP contribution < -0.4 is 10.1 Å². The third kappa shape index (κ3) is 7.70. The average Bonchev–Trinajstić information content (AvgIpc) is 2.95. The van der Waals surface area contributed by atoms with Crippen LogP contribution in [0.15, 0.2) is 95.5 Å². The van der Waals surface area contributed by atoms with E-state index in [1.165, 1.54) is 0 Å². The van der Waals surface area contributed by atoms with E-state index in [9.17, 15) is 9.59 Å². The van der Waals surface area contributed by atoms with Gasteiger partial charge >= 0.3 is 0 Å². The Hall–Kier alpha value is -3.64. The Morgan fingerprint density at radius 3 is 2.44 bits per heavy atom. The van der Waals surface area contributed by atoms with E-state index in [1.54, 1.807) is 4.90 Å². The van der Waals surface area contributed by atoms with Gasteiger partial charge in [0.25, 0.3) is 5.91 Å². The molecular weight excluding hydrogens is 552 g/mol. The molecule has 4 aromatic carbocycles. The van der Waals surface area contributed by atoms with Crippen molar-refractivity contribution in [3.8, 4) is 5.75 Å². The van der Waals surface area contributed by atoms with Gasteiger partial charge in [-0.1, -0.05) is 104 Å². The summed E-state index contributed by atoms with van der Waals surface area (Å²) in [6.07, 6.45) is 2.27. The molecule has 2 amide bonds. The number of nitrogens with one attached hydrogen (secondary N) is 1. The first-order valence-electron chi connectivity index (χ1n) is 13.4. The Labute approximate surface area is 239 Å². The van der Waals surface area contributed by atoms with Gasteiger partial charge in [-0.05, 0) is 57.2 Å².